The van der Waals surface area contributed by atoms with E-state index >= 15 is 0 Å². The summed E-state index contributed by atoms with van der Waals surface area (Å²) in [5.41, 5.74) is -0.679. The van der Waals surface area contributed by atoms with Crippen LogP contribution in [0.5, 0.6) is 0 Å². The standard InChI is InChI=1S/C14H19F2NO3/c1-3-20-13(18)14(17-2,10-19-9-12(15)16)11-7-5-4-6-8-11/h4-8,12,17H,3,9-10H2,1-2H3. The molecule has 0 spiro atoms. The van der Waals surface area contributed by atoms with Crippen LogP contribution in [0.1, 0.15) is 12.5 Å². The number of nitrogens with one attached hydrogen (secondary N) is 1. The average Bonchev–Trinajstić information content (AvgIpc) is 2.44. The van der Waals surface area contributed by atoms with Gasteiger partial charge in [-0.15, -0.1) is 0 Å². The summed E-state index contributed by atoms with van der Waals surface area (Å²) in [4.78, 5) is 12.2. The van der Waals surface area contributed by atoms with E-state index < -0.39 is 24.5 Å². The molecule has 1 atom stereocenters. The lowest BCUT2D eigenvalue weighted by Crippen LogP contribution is -2.52. The van der Waals surface area contributed by atoms with Gasteiger partial charge < -0.3 is 9.47 Å². The number of halogens is 2. The Bertz CT molecular complexity index is 414. The summed E-state index contributed by atoms with van der Waals surface area (Å²) in [5, 5.41) is 2.85. The fourth-order valence-electron chi connectivity index (χ4n) is 1.86. The number of rotatable bonds is 8. The van der Waals surface area contributed by atoms with Crippen LogP contribution in [0.3, 0.4) is 0 Å². The molecule has 0 aliphatic heterocycles. The number of esters is 1. The maximum absolute atomic E-state index is 12.2. The van der Waals surface area contributed by atoms with E-state index in [-0.39, 0.29) is 13.2 Å². The molecule has 0 heterocycles. The number of hydrogen-bond donors (Lipinski definition) is 1. The summed E-state index contributed by atoms with van der Waals surface area (Å²) >= 11 is 0. The number of likely N-dealkylation sites (N-methyl/N-ethyl adjacent to an activating group) is 1. The largest absolute Gasteiger partial charge is 0.464 e. The van der Waals surface area contributed by atoms with Crippen molar-refractivity contribution in [1.82, 2.24) is 5.32 Å². The molecular formula is C14H19F2NO3. The van der Waals surface area contributed by atoms with Gasteiger partial charge in [-0.1, -0.05) is 30.3 Å². The Kier molecular flexibility index (Phi) is 6.54. The van der Waals surface area contributed by atoms with E-state index in [9.17, 15) is 13.6 Å². The zero-order valence-corrected chi connectivity index (χ0v) is 11.6. The summed E-state index contributed by atoms with van der Waals surface area (Å²) in [6.45, 7) is 0.930. The smallest absolute Gasteiger partial charge is 0.333 e. The summed E-state index contributed by atoms with van der Waals surface area (Å²) in [6.07, 6.45) is -2.58. The summed E-state index contributed by atoms with van der Waals surface area (Å²) in [6, 6.07) is 8.76. The van der Waals surface area contributed by atoms with Crippen molar-refractivity contribution >= 4 is 5.97 Å². The highest BCUT2D eigenvalue weighted by atomic mass is 19.3. The van der Waals surface area contributed by atoms with Gasteiger partial charge in [0, 0.05) is 0 Å². The van der Waals surface area contributed by atoms with Gasteiger partial charge in [0.05, 0.1) is 13.2 Å². The predicted octanol–water partition coefficient (Wildman–Crippen LogP) is 1.95. The molecule has 1 unspecified atom stereocenters. The second-order valence-electron chi connectivity index (χ2n) is 4.15. The van der Waals surface area contributed by atoms with Gasteiger partial charge in [-0.3, -0.25) is 5.32 Å². The average molecular weight is 287 g/mol. The highest BCUT2D eigenvalue weighted by Gasteiger charge is 2.41. The second-order valence-corrected chi connectivity index (χ2v) is 4.15. The SMILES string of the molecule is CCOC(=O)C(COCC(F)F)(NC)c1ccccc1. The van der Waals surface area contributed by atoms with Crippen LogP contribution in [0.2, 0.25) is 0 Å². The molecule has 0 saturated carbocycles. The van der Waals surface area contributed by atoms with E-state index in [1.807, 2.05) is 0 Å². The first-order valence-corrected chi connectivity index (χ1v) is 6.34. The van der Waals surface area contributed by atoms with Crippen LogP contribution in [-0.2, 0) is 19.8 Å². The Morgan fingerprint density at radius 2 is 2.00 bits per heavy atom. The molecule has 6 heteroatoms. The van der Waals surface area contributed by atoms with Crippen molar-refractivity contribution in [2.24, 2.45) is 0 Å². The van der Waals surface area contributed by atoms with E-state index in [2.05, 4.69) is 5.32 Å². The molecule has 20 heavy (non-hydrogen) atoms. The molecule has 112 valence electrons. The van der Waals surface area contributed by atoms with Gasteiger partial charge in [0.25, 0.3) is 6.43 Å². The van der Waals surface area contributed by atoms with E-state index in [4.69, 9.17) is 9.47 Å². The lowest BCUT2D eigenvalue weighted by atomic mass is 9.91. The Hall–Kier alpha value is -1.53. The third kappa shape index (κ3) is 3.98. The topological polar surface area (TPSA) is 47.6 Å². The van der Waals surface area contributed by atoms with Crippen molar-refractivity contribution in [3.8, 4) is 0 Å². The van der Waals surface area contributed by atoms with Crippen molar-refractivity contribution in [2.45, 2.75) is 18.9 Å². The minimum Gasteiger partial charge on any atom is -0.464 e. The molecule has 0 saturated heterocycles. The Morgan fingerprint density at radius 3 is 2.50 bits per heavy atom. The summed E-state index contributed by atoms with van der Waals surface area (Å²) < 4.78 is 34.4. The van der Waals surface area contributed by atoms with Crippen molar-refractivity contribution in [2.75, 3.05) is 26.9 Å². The monoisotopic (exact) mass is 287 g/mol. The van der Waals surface area contributed by atoms with Gasteiger partial charge in [-0.05, 0) is 19.5 Å². The molecule has 0 amide bonds. The Labute approximate surface area is 117 Å². The van der Waals surface area contributed by atoms with E-state index in [0.29, 0.717) is 5.56 Å². The van der Waals surface area contributed by atoms with E-state index in [1.54, 1.807) is 44.3 Å². The molecular weight excluding hydrogens is 268 g/mol. The quantitative estimate of drug-likeness (QED) is 0.742. The molecule has 4 nitrogen and oxygen atoms in total. The first-order chi connectivity index (χ1) is 9.56. The second kappa shape index (κ2) is 7.91. The molecule has 0 aliphatic carbocycles. The number of ether oxygens (including phenoxy) is 2. The van der Waals surface area contributed by atoms with Crippen molar-refractivity contribution in [3.63, 3.8) is 0 Å². The maximum Gasteiger partial charge on any atom is 0.333 e. The molecule has 1 rings (SSSR count). The number of hydrogen-bond acceptors (Lipinski definition) is 4. The van der Waals surface area contributed by atoms with Gasteiger partial charge in [0.1, 0.15) is 6.61 Å². The van der Waals surface area contributed by atoms with Crippen LogP contribution < -0.4 is 5.32 Å². The van der Waals surface area contributed by atoms with Gasteiger partial charge in [-0.2, -0.15) is 0 Å². The van der Waals surface area contributed by atoms with Gasteiger partial charge in [0.15, 0.2) is 5.54 Å². The number of carbonyl (C=O) groups excluding carboxylic acids is 1. The van der Waals surface area contributed by atoms with Crippen molar-refractivity contribution in [1.29, 1.82) is 0 Å². The van der Waals surface area contributed by atoms with Crippen LogP contribution in [-0.4, -0.2) is 39.3 Å². The van der Waals surface area contributed by atoms with Gasteiger partial charge in [-0.25, -0.2) is 13.6 Å². The normalized spacial score (nSPS) is 14.1. The molecule has 1 aromatic carbocycles. The third-order valence-corrected chi connectivity index (χ3v) is 2.88. The predicted molar refractivity (Wildman–Crippen MR) is 70.6 cm³/mol. The van der Waals surface area contributed by atoms with Crippen LogP contribution in [0.15, 0.2) is 30.3 Å². The fraction of sp³-hybridized carbons (Fsp3) is 0.500. The van der Waals surface area contributed by atoms with E-state index in [0.717, 1.165) is 0 Å². The molecule has 0 fully saturated rings. The van der Waals surface area contributed by atoms with Crippen molar-refractivity contribution < 1.29 is 23.0 Å². The molecule has 0 aliphatic rings. The number of carbonyl (C=O) groups is 1. The van der Waals surface area contributed by atoms with Crippen molar-refractivity contribution in [3.05, 3.63) is 35.9 Å². The minimum absolute atomic E-state index is 0.198. The third-order valence-electron chi connectivity index (χ3n) is 2.88. The van der Waals surface area contributed by atoms with Gasteiger partial charge in [0.2, 0.25) is 0 Å². The number of benzene rings is 1. The molecule has 0 radical (unpaired) electrons. The molecule has 1 aromatic rings. The molecule has 1 N–H and O–H groups in total. The van der Waals surface area contributed by atoms with Crippen LogP contribution in [0, 0.1) is 0 Å². The Morgan fingerprint density at radius 1 is 1.35 bits per heavy atom. The first-order valence-electron chi connectivity index (χ1n) is 6.34. The zero-order valence-electron chi connectivity index (χ0n) is 11.6. The van der Waals surface area contributed by atoms with Crippen LogP contribution in [0.4, 0.5) is 8.78 Å². The van der Waals surface area contributed by atoms with Gasteiger partial charge >= 0.3 is 5.97 Å². The first kappa shape index (κ1) is 16.5. The number of alkyl halides is 2. The van der Waals surface area contributed by atoms with Crippen LogP contribution >= 0.6 is 0 Å². The lowest BCUT2D eigenvalue weighted by Gasteiger charge is -2.31. The van der Waals surface area contributed by atoms with E-state index in [1.165, 1.54) is 0 Å². The maximum atomic E-state index is 12.2. The summed E-state index contributed by atoms with van der Waals surface area (Å²) in [7, 11) is 1.57. The zero-order chi connectivity index (χ0) is 15.0. The minimum atomic E-state index is -2.58. The lowest BCUT2D eigenvalue weighted by molar-refractivity contribution is -0.155. The molecule has 0 bridgehead atoms. The fourth-order valence-corrected chi connectivity index (χ4v) is 1.86. The Balaban J connectivity index is 3.00. The summed E-state index contributed by atoms with van der Waals surface area (Å²) in [5.74, 6) is -0.553. The van der Waals surface area contributed by atoms with Crippen LogP contribution in [0.25, 0.3) is 0 Å². The molecule has 0 aromatic heterocycles. The highest BCUT2D eigenvalue weighted by Crippen LogP contribution is 2.23. The highest BCUT2D eigenvalue weighted by molar-refractivity contribution is 5.83.